The van der Waals surface area contributed by atoms with Gasteiger partial charge < -0.3 is 0 Å². The van der Waals surface area contributed by atoms with Gasteiger partial charge in [0.15, 0.2) is 0 Å². The molecule has 0 atom stereocenters. The summed E-state index contributed by atoms with van der Waals surface area (Å²) in [5.41, 5.74) is 0. The molecule has 0 nitrogen and oxygen atoms in total. The maximum atomic E-state index is 2.32. The first-order chi connectivity index (χ1) is 24.7. The van der Waals surface area contributed by atoms with E-state index in [9.17, 15) is 0 Å². The van der Waals surface area contributed by atoms with Gasteiger partial charge in [-0.05, 0) is 75.5 Å². The molecule has 0 unspecified atom stereocenters. The summed E-state index contributed by atoms with van der Waals surface area (Å²) < 4.78 is 0. The molecule has 4 heteroatoms. The molecule has 0 heterocycles. The predicted molar refractivity (Wildman–Crippen MR) is 262 cm³/mol. The van der Waals surface area contributed by atoms with Gasteiger partial charge in [-0.1, -0.05) is 234 Å². The van der Waals surface area contributed by atoms with E-state index in [0.29, 0.717) is 15.8 Å². The molecule has 0 fully saturated rings. The van der Waals surface area contributed by atoms with Crippen molar-refractivity contribution in [3.8, 4) is 0 Å². The minimum atomic E-state index is 0. The van der Waals surface area contributed by atoms with Gasteiger partial charge >= 0.3 is 17.1 Å². The van der Waals surface area contributed by atoms with Crippen LogP contribution in [0.4, 0.5) is 0 Å². The van der Waals surface area contributed by atoms with E-state index in [1.54, 1.807) is 37.0 Å². The van der Waals surface area contributed by atoms with Crippen LogP contribution < -0.4 is 0 Å². The van der Waals surface area contributed by atoms with Crippen molar-refractivity contribution in [1.29, 1.82) is 0 Å². The SMILES string of the molecule is CCCCCCCCP(CCCCCCCC)CCCCCCCC.CCCCCCCCP(CCCCCCCC)CCCCCCCC.S.[SeH2]. The van der Waals surface area contributed by atoms with Crippen molar-refractivity contribution in [3.05, 3.63) is 0 Å². The van der Waals surface area contributed by atoms with Gasteiger partial charge in [0.05, 0.1) is 0 Å². The van der Waals surface area contributed by atoms with Gasteiger partial charge in [0.25, 0.3) is 0 Å². The maximum absolute atomic E-state index is 2.32. The Morgan fingerprint density at radius 3 is 0.442 bits per heavy atom. The average molecular weight is 856 g/mol. The summed E-state index contributed by atoms with van der Waals surface area (Å²) >= 11 is 0. The van der Waals surface area contributed by atoms with E-state index >= 15 is 0 Å². The number of unbranched alkanes of at least 4 members (excludes halogenated alkanes) is 30. The van der Waals surface area contributed by atoms with Crippen LogP contribution in [0.25, 0.3) is 0 Å². The summed E-state index contributed by atoms with van der Waals surface area (Å²) in [6.45, 7) is 13.9. The van der Waals surface area contributed by atoms with Crippen LogP contribution in [0.1, 0.15) is 273 Å². The molecule has 0 aliphatic carbocycles. The molecule has 320 valence electrons. The van der Waals surface area contributed by atoms with Gasteiger partial charge in [-0.15, -0.1) is 15.8 Å². The van der Waals surface area contributed by atoms with Gasteiger partial charge in [-0.25, -0.2) is 0 Å². The van der Waals surface area contributed by atoms with Crippen molar-refractivity contribution in [2.45, 2.75) is 273 Å². The van der Waals surface area contributed by atoms with Crippen molar-refractivity contribution in [3.63, 3.8) is 0 Å². The molecule has 52 heavy (non-hydrogen) atoms. The summed E-state index contributed by atoms with van der Waals surface area (Å²) in [7, 11) is 0.732. The van der Waals surface area contributed by atoms with Crippen molar-refractivity contribution < 1.29 is 0 Å². The summed E-state index contributed by atoms with van der Waals surface area (Å²) in [5.74, 6) is 0. The Balaban J connectivity index is -0.000000427. The first-order valence-electron chi connectivity index (χ1n) is 24.1. The number of rotatable bonds is 42. The van der Waals surface area contributed by atoms with Gasteiger partial charge in [0.1, 0.15) is 0 Å². The fraction of sp³-hybridized carbons (Fsp3) is 1.00. The van der Waals surface area contributed by atoms with E-state index < -0.39 is 0 Å². The molecule has 0 N–H and O–H groups in total. The van der Waals surface area contributed by atoms with E-state index in [4.69, 9.17) is 0 Å². The second-order valence-corrected chi connectivity index (χ2v) is 21.7. The normalized spacial score (nSPS) is 11.1. The van der Waals surface area contributed by atoms with Crippen molar-refractivity contribution in [1.82, 2.24) is 0 Å². The van der Waals surface area contributed by atoms with E-state index in [2.05, 4.69) is 41.5 Å². The molecule has 0 radical (unpaired) electrons. The quantitative estimate of drug-likeness (QED) is 0.0326. The van der Waals surface area contributed by atoms with E-state index in [1.165, 1.54) is 231 Å². The van der Waals surface area contributed by atoms with Gasteiger partial charge in [-0.2, -0.15) is 13.5 Å². The summed E-state index contributed by atoms with van der Waals surface area (Å²) in [4.78, 5) is 0. The van der Waals surface area contributed by atoms with Crippen molar-refractivity contribution in [2.24, 2.45) is 0 Å². The second kappa shape index (κ2) is 57.1. The Bertz CT molecular complexity index is 438. The third kappa shape index (κ3) is 53.8. The van der Waals surface area contributed by atoms with Gasteiger partial charge in [0.2, 0.25) is 0 Å². The molecular weight excluding hydrogens is 750 g/mol. The number of hydrogen-bond acceptors (Lipinski definition) is 0. The fourth-order valence-electron chi connectivity index (χ4n) is 7.37. The van der Waals surface area contributed by atoms with E-state index in [0.717, 1.165) is 0 Å². The molecule has 0 amide bonds. The molecule has 0 aromatic carbocycles. The first-order valence-corrected chi connectivity index (χ1v) is 27.9. The van der Waals surface area contributed by atoms with Crippen LogP contribution in [0.5, 0.6) is 0 Å². The molecule has 0 aliphatic heterocycles. The van der Waals surface area contributed by atoms with E-state index in [-0.39, 0.29) is 30.6 Å². The van der Waals surface area contributed by atoms with Crippen molar-refractivity contribution in [2.75, 3.05) is 37.0 Å². The Morgan fingerprint density at radius 2 is 0.308 bits per heavy atom. The van der Waals surface area contributed by atoms with Crippen LogP contribution in [0, 0.1) is 0 Å². The third-order valence-corrected chi connectivity index (χ3v) is 16.7. The van der Waals surface area contributed by atoms with Crippen LogP contribution in [0.2, 0.25) is 0 Å². The molecule has 0 bridgehead atoms. The Labute approximate surface area is 354 Å². The van der Waals surface area contributed by atoms with Crippen LogP contribution in [0.15, 0.2) is 0 Å². The number of hydrogen-bond donors (Lipinski definition) is 0. The molecular formula is C48H106P2SSe. The zero-order valence-electron chi connectivity index (χ0n) is 37.6. The average Bonchev–Trinajstić information content (AvgIpc) is 3.13. The third-order valence-electron chi connectivity index (χ3n) is 11.0. The summed E-state index contributed by atoms with van der Waals surface area (Å²) in [6, 6.07) is 0. The predicted octanol–water partition coefficient (Wildman–Crippen LogP) is 18.3. The first kappa shape index (κ1) is 60.4. The molecule has 0 saturated heterocycles. The van der Waals surface area contributed by atoms with Crippen LogP contribution in [0.3, 0.4) is 0 Å². The van der Waals surface area contributed by atoms with Crippen LogP contribution in [-0.2, 0) is 0 Å². The van der Waals surface area contributed by atoms with Crippen LogP contribution in [-0.4, -0.2) is 54.0 Å². The molecule has 0 aromatic heterocycles. The topological polar surface area (TPSA) is 0 Å². The zero-order valence-corrected chi connectivity index (χ0v) is 42.5. The molecule has 0 aromatic rings. The van der Waals surface area contributed by atoms with E-state index in [1.807, 2.05) is 0 Å². The standard InChI is InChI=1S/2C24H51P.H2S.H2Se/c2*1-4-7-10-13-16-19-22-25(23-20-17-14-11-8-5-2)24-21-18-15-12-9-6-3;;/h2*4-24H2,1-3H3;2*1H2. The molecule has 0 aliphatic rings. The molecule has 0 spiro atoms. The fourth-order valence-corrected chi connectivity index (χ4v) is 12.7. The second-order valence-electron chi connectivity index (χ2n) is 16.3. The minimum absolute atomic E-state index is 0. The monoisotopic (exact) mass is 857 g/mol. The van der Waals surface area contributed by atoms with Crippen LogP contribution >= 0.6 is 29.3 Å². The summed E-state index contributed by atoms with van der Waals surface area (Å²) in [5, 5.41) is 0. The zero-order chi connectivity index (χ0) is 36.9. The van der Waals surface area contributed by atoms with Gasteiger partial charge in [0, 0.05) is 0 Å². The van der Waals surface area contributed by atoms with Gasteiger partial charge in [-0.3, -0.25) is 0 Å². The molecule has 0 saturated carbocycles. The Morgan fingerprint density at radius 1 is 0.192 bits per heavy atom. The molecule has 0 rings (SSSR count). The summed E-state index contributed by atoms with van der Waals surface area (Å²) in [6.07, 6.45) is 62.5. The van der Waals surface area contributed by atoms with Crippen molar-refractivity contribution >= 4 is 46.4 Å². The Hall–Kier alpha value is 1.73. The Kier molecular flexibility index (Phi) is 66.3.